The Balaban J connectivity index is 2.41. The third kappa shape index (κ3) is 25.7. The van der Waals surface area contributed by atoms with E-state index in [0.717, 1.165) is 77.0 Å². The molecule has 1 saturated heterocycles. The highest BCUT2D eigenvalue weighted by Gasteiger charge is 2.47. The number of carbonyl (C=O) groups excluding carboxylic acids is 2. The van der Waals surface area contributed by atoms with Gasteiger partial charge in [-0.05, 0) is 64.2 Å². The predicted octanol–water partition coefficient (Wildman–Crippen LogP) is 8.65. The molecule has 1 aliphatic rings. The van der Waals surface area contributed by atoms with E-state index >= 15 is 0 Å². The van der Waals surface area contributed by atoms with Crippen LogP contribution >= 0.6 is 0 Å². The number of hydrogen-bond acceptors (Lipinski definition) is 10. The summed E-state index contributed by atoms with van der Waals surface area (Å²) in [4.78, 5) is 36.7. The fourth-order valence-corrected chi connectivity index (χ4v) is 6.34. The van der Waals surface area contributed by atoms with E-state index in [4.69, 9.17) is 18.9 Å². The molecule has 0 aliphatic carbocycles. The van der Waals surface area contributed by atoms with E-state index in [9.17, 15) is 34.8 Å². The molecule has 0 aromatic heterocycles. The van der Waals surface area contributed by atoms with Crippen LogP contribution in [0.3, 0.4) is 0 Å². The summed E-state index contributed by atoms with van der Waals surface area (Å²) in [5.74, 6) is -2.46. The zero-order valence-corrected chi connectivity index (χ0v) is 33.7. The average Bonchev–Trinajstić information content (AvgIpc) is 3.15. The molecule has 1 rings (SSSR count). The number of carbonyl (C=O) groups is 3. The number of carboxylic acids is 1. The molecule has 0 saturated carbocycles. The van der Waals surface area contributed by atoms with Crippen molar-refractivity contribution >= 4 is 17.9 Å². The quantitative estimate of drug-likeness (QED) is 0.0277. The van der Waals surface area contributed by atoms with E-state index in [0.29, 0.717) is 12.8 Å². The van der Waals surface area contributed by atoms with Gasteiger partial charge in [0.15, 0.2) is 18.5 Å². The van der Waals surface area contributed by atoms with Gasteiger partial charge in [0.25, 0.3) is 0 Å². The predicted molar refractivity (Wildman–Crippen MR) is 211 cm³/mol. The van der Waals surface area contributed by atoms with Gasteiger partial charge < -0.3 is 39.4 Å². The second-order valence-corrected chi connectivity index (χ2v) is 14.8. The molecule has 0 radical (unpaired) electrons. The van der Waals surface area contributed by atoms with Crippen molar-refractivity contribution in [3.63, 3.8) is 0 Å². The largest absolute Gasteiger partial charge is 0.479 e. The second kappa shape index (κ2) is 34.0. The summed E-state index contributed by atoms with van der Waals surface area (Å²) in [6, 6.07) is 0. The minimum Gasteiger partial charge on any atom is -0.479 e. The second-order valence-electron chi connectivity index (χ2n) is 14.8. The molecular formula is C43H76O11. The first-order chi connectivity index (χ1) is 26.2. The summed E-state index contributed by atoms with van der Waals surface area (Å²) < 4.78 is 21.7. The van der Waals surface area contributed by atoms with E-state index in [-0.39, 0.29) is 19.4 Å². The zero-order valence-electron chi connectivity index (χ0n) is 33.7. The van der Waals surface area contributed by atoms with Crippen LogP contribution in [0.15, 0.2) is 24.3 Å². The Labute approximate surface area is 326 Å². The minimum absolute atomic E-state index is 0.172. The molecular weight excluding hydrogens is 692 g/mol. The smallest absolute Gasteiger partial charge is 0.335 e. The molecule has 0 bridgehead atoms. The molecule has 1 fully saturated rings. The lowest BCUT2D eigenvalue weighted by atomic mass is 9.99. The van der Waals surface area contributed by atoms with Gasteiger partial charge in [-0.15, -0.1) is 0 Å². The Bertz CT molecular complexity index is 1000. The van der Waals surface area contributed by atoms with Gasteiger partial charge in [0.05, 0.1) is 6.61 Å². The molecule has 54 heavy (non-hydrogen) atoms. The van der Waals surface area contributed by atoms with E-state index in [2.05, 4.69) is 38.2 Å². The number of ether oxygens (including phenoxy) is 4. The van der Waals surface area contributed by atoms with Crippen molar-refractivity contribution in [3.05, 3.63) is 24.3 Å². The van der Waals surface area contributed by atoms with Gasteiger partial charge in [-0.2, -0.15) is 0 Å². The third-order valence-corrected chi connectivity index (χ3v) is 9.77. The topological polar surface area (TPSA) is 169 Å². The summed E-state index contributed by atoms with van der Waals surface area (Å²) in [7, 11) is 0. The Morgan fingerprint density at radius 3 is 1.46 bits per heavy atom. The highest BCUT2D eigenvalue weighted by Crippen LogP contribution is 2.23. The first-order valence-corrected chi connectivity index (χ1v) is 21.4. The van der Waals surface area contributed by atoms with Crippen LogP contribution in [0, 0.1) is 0 Å². The first kappa shape index (κ1) is 49.7. The molecule has 6 atom stereocenters. The normalized spacial score (nSPS) is 20.8. The van der Waals surface area contributed by atoms with Gasteiger partial charge in [0, 0.05) is 12.8 Å². The Morgan fingerprint density at radius 1 is 0.556 bits per heavy atom. The number of aliphatic carboxylic acids is 1. The Hall–Kier alpha value is -2.31. The number of hydrogen-bond donors (Lipinski definition) is 4. The summed E-state index contributed by atoms with van der Waals surface area (Å²) in [5.41, 5.74) is 0. The van der Waals surface area contributed by atoms with Gasteiger partial charge in [0.2, 0.25) is 0 Å². The number of aliphatic hydroxyl groups is 3. The van der Waals surface area contributed by atoms with Gasteiger partial charge in [0.1, 0.15) is 24.9 Å². The van der Waals surface area contributed by atoms with Gasteiger partial charge in [-0.1, -0.05) is 128 Å². The van der Waals surface area contributed by atoms with E-state index in [1.165, 1.54) is 64.2 Å². The van der Waals surface area contributed by atoms with Crippen LogP contribution in [0.25, 0.3) is 0 Å². The van der Waals surface area contributed by atoms with Crippen molar-refractivity contribution in [3.8, 4) is 0 Å². The lowest BCUT2D eigenvalue weighted by molar-refractivity contribution is -0.298. The molecule has 0 amide bonds. The van der Waals surface area contributed by atoms with Crippen LogP contribution in [0.2, 0.25) is 0 Å². The van der Waals surface area contributed by atoms with Crippen LogP contribution in [0.4, 0.5) is 0 Å². The standard InChI is InChI=1S/C43H76O11/c1-3-5-7-9-11-13-15-17-18-20-21-23-25-27-29-31-36(44)51-33-35(34-52-43-40(48)38(46)39(47)41(54-43)42(49)50)53-37(45)32-30-28-26-24-22-19-16-14-12-10-8-6-4-2/h14,16-18,35,38-41,43,46-48H,3-13,15,19-34H2,1-2H3,(H,49,50)/b16-14-,18-17-. The molecule has 0 aromatic carbocycles. The van der Waals surface area contributed by atoms with Crippen molar-refractivity contribution in [2.24, 2.45) is 0 Å². The summed E-state index contributed by atoms with van der Waals surface area (Å²) >= 11 is 0. The Kier molecular flexibility index (Phi) is 31.3. The SMILES string of the molecule is CCCCCC/C=C\CCCCCCCC(=O)OC(COC(=O)CCCCCCC/C=C\CCCCCCCC)COC1OC(C(=O)O)C(O)C(O)C1O. The number of aliphatic hydroxyl groups excluding tert-OH is 3. The fourth-order valence-electron chi connectivity index (χ4n) is 6.34. The highest BCUT2D eigenvalue weighted by molar-refractivity contribution is 5.73. The van der Waals surface area contributed by atoms with Crippen molar-refractivity contribution < 1.29 is 53.8 Å². The molecule has 0 spiro atoms. The molecule has 11 nitrogen and oxygen atoms in total. The van der Waals surface area contributed by atoms with Crippen LogP contribution in [-0.4, -0.2) is 88.4 Å². The lowest BCUT2D eigenvalue weighted by Crippen LogP contribution is -2.60. The van der Waals surface area contributed by atoms with Crippen LogP contribution < -0.4 is 0 Å². The van der Waals surface area contributed by atoms with Gasteiger partial charge in [-0.25, -0.2) is 4.79 Å². The van der Waals surface area contributed by atoms with Gasteiger partial charge >= 0.3 is 17.9 Å². The number of carboxylic acid groups (broad SMARTS) is 1. The molecule has 1 heterocycles. The Morgan fingerprint density at radius 2 is 0.981 bits per heavy atom. The number of rotatable bonds is 35. The van der Waals surface area contributed by atoms with Crippen LogP contribution in [0.1, 0.15) is 181 Å². The molecule has 6 unspecified atom stereocenters. The highest BCUT2D eigenvalue weighted by atomic mass is 16.7. The maximum Gasteiger partial charge on any atom is 0.335 e. The molecule has 4 N–H and O–H groups in total. The van der Waals surface area contributed by atoms with Crippen molar-refractivity contribution in [2.75, 3.05) is 13.2 Å². The van der Waals surface area contributed by atoms with Crippen molar-refractivity contribution in [2.45, 2.75) is 218 Å². The fraction of sp³-hybridized carbons (Fsp3) is 0.837. The maximum atomic E-state index is 12.7. The molecule has 0 aromatic rings. The monoisotopic (exact) mass is 769 g/mol. The van der Waals surface area contributed by atoms with Crippen molar-refractivity contribution in [1.29, 1.82) is 0 Å². The first-order valence-electron chi connectivity index (χ1n) is 21.4. The zero-order chi connectivity index (χ0) is 39.7. The van der Waals surface area contributed by atoms with Gasteiger partial charge in [-0.3, -0.25) is 9.59 Å². The maximum absolute atomic E-state index is 12.7. The lowest BCUT2D eigenvalue weighted by Gasteiger charge is -2.38. The average molecular weight is 769 g/mol. The molecule has 1 aliphatic heterocycles. The van der Waals surface area contributed by atoms with Crippen LogP contribution in [-0.2, 0) is 33.3 Å². The molecule has 314 valence electrons. The van der Waals surface area contributed by atoms with E-state index in [1.807, 2.05) is 0 Å². The number of esters is 2. The summed E-state index contributed by atoms with van der Waals surface area (Å²) in [6.45, 7) is 3.77. The third-order valence-electron chi connectivity index (χ3n) is 9.77. The minimum atomic E-state index is -1.86. The summed E-state index contributed by atoms with van der Waals surface area (Å²) in [5, 5.41) is 39.7. The van der Waals surface area contributed by atoms with Crippen LogP contribution in [0.5, 0.6) is 0 Å². The number of allylic oxidation sites excluding steroid dienone is 4. The summed E-state index contributed by atoms with van der Waals surface area (Å²) in [6.07, 6.45) is 26.6. The van der Waals surface area contributed by atoms with E-state index in [1.54, 1.807) is 0 Å². The van der Waals surface area contributed by atoms with E-state index < -0.39 is 61.3 Å². The van der Waals surface area contributed by atoms with Crippen molar-refractivity contribution in [1.82, 2.24) is 0 Å². The molecule has 11 heteroatoms. The number of unbranched alkanes of at least 4 members (excludes halogenated alkanes) is 20.